The fourth-order valence-electron chi connectivity index (χ4n) is 10.6. The fourth-order valence-corrected chi connectivity index (χ4v) is 10.6. The maximum Gasteiger partial charge on any atom is 0.243 e. The van der Waals surface area contributed by atoms with Crippen LogP contribution >= 0.6 is 0 Å². The second-order valence-electron chi connectivity index (χ2n) is 22.1. The monoisotopic (exact) mass is 1000 g/mol. The van der Waals surface area contributed by atoms with Crippen LogP contribution in [-0.4, -0.2) is 147 Å². The summed E-state index contributed by atoms with van der Waals surface area (Å²) >= 11 is 0. The lowest BCUT2D eigenvalue weighted by atomic mass is 9.99. The number of ether oxygens (including phenoxy) is 2. The van der Waals surface area contributed by atoms with Gasteiger partial charge in [0, 0.05) is 78.3 Å². The molecule has 0 aromatic rings. The van der Waals surface area contributed by atoms with Crippen LogP contribution in [0, 0.1) is 11.8 Å². The lowest BCUT2D eigenvalue weighted by Crippen LogP contribution is -2.53. The maximum absolute atomic E-state index is 13.9. The van der Waals surface area contributed by atoms with Gasteiger partial charge in [0.05, 0.1) is 26.4 Å². The van der Waals surface area contributed by atoms with Gasteiger partial charge in [-0.05, 0) is 50.4 Å². The van der Waals surface area contributed by atoms with Crippen molar-refractivity contribution in [3.63, 3.8) is 0 Å². The zero-order valence-corrected chi connectivity index (χ0v) is 47.4. The van der Waals surface area contributed by atoms with Crippen LogP contribution in [0.5, 0.6) is 0 Å². The minimum absolute atomic E-state index is 0.0137. The molecule has 2 unspecified atom stereocenters. The summed E-state index contributed by atoms with van der Waals surface area (Å²) in [7, 11) is 0. The highest BCUT2D eigenvalue weighted by Crippen LogP contribution is 2.20. The Morgan fingerprint density at radius 2 is 0.690 bits per heavy atom. The Morgan fingerprint density at radius 1 is 0.408 bits per heavy atom. The summed E-state index contributed by atoms with van der Waals surface area (Å²) < 4.78 is 11.1. The minimum atomic E-state index is -0.473. The molecule has 416 valence electrons. The second kappa shape index (κ2) is 44.1. The summed E-state index contributed by atoms with van der Waals surface area (Å²) in [6.07, 6.45) is 34.9. The van der Waals surface area contributed by atoms with E-state index in [0.717, 1.165) is 136 Å². The molecule has 4 amide bonds. The van der Waals surface area contributed by atoms with Gasteiger partial charge in [-0.15, -0.1) is 0 Å². The summed E-state index contributed by atoms with van der Waals surface area (Å²) in [4.78, 5) is 64.1. The third kappa shape index (κ3) is 31.9. The average Bonchev–Trinajstić information content (AvgIpc) is 3.36. The molecule has 0 bridgehead atoms. The molecule has 0 spiro atoms. The Kier molecular flexibility index (Phi) is 40.2. The van der Waals surface area contributed by atoms with E-state index in [9.17, 15) is 19.2 Å². The molecule has 0 aromatic carbocycles. The zero-order valence-electron chi connectivity index (χ0n) is 47.4. The molecule has 2 rings (SSSR count). The van der Waals surface area contributed by atoms with E-state index < -0.39 is 12.1 Å². The smallest absolute Gasteiger partial charge is 0.243 e. The standard InChI is InChI=1S/C59H114N6O6/c1-7-9-11-13-15-17-19-21-23-26-30-36-54(66)64(42-34-40-62-44-48-70-49-45-62)56(52(3)4)58(68)60-38-32-28-25-29-33-39-61-59(69)57(53(5)6)65(43-35-41-63-46-50-71-51-47-63)55(67)37-31-27-24-22-20-18-16-14-12-10-8-2/h52-53,56-57H,7-51H2,1-6H3,(H,60,68)(H,61,69). The number of amides is 4. The number of carbonyl (C=O) groups excluding carboxylic acids is 4. The Hall–Kier alpha value is -2.28. The van der Waals surface area contributed by atoms with Gasteiger partial charge < -0.3 is 29.9 Å². The summed E-state index contributed by atoms with van der Waals surface area (Å²) in [5.41, 5.74) is 0. The van der Waals surface area contributed by atoms with Crippen LogP contribution in [0.1, 0.15) is 241 Å². The molecule has 2 aliphatic rings. The molecule has 0 aliphatic carbocycles. The fraction of sp³-hybridized carbons (Fsp3) is 0.932. The van der Waals surface area contributed by atoms with E-state index in [1.807, 2.05) is 9.80 Å². The van der Waals surface area contributed by atoms with Gasteiger partial charge in [-0.25, -0.2) is 0 Å². The average molecular weight is 1000 g/mol. The molecular weight excluding hydrogens is 889 g/mol. The quantitative estimate of drug-likeness (QED) is 0.0578. The Morgan fingerprint density at radius 3 is 0.986 bits per heavy atom. The SMILES string of the molecule is CCCCCCCCCCCCCC(=O)N(CCCN1CCOCC1)C(C(=O)NCCCCCCCNC(=O)C(C(C)C)N(CCCN1CCOCC1)C(=O)CCCCCCCCCCCCC)C(C)C. The van der Waals surface area contributed by atoms with Gasteiger partial charge in [0.15, 0.2) is 0 Å². The van der Waals surface area contributed by atoms with Gasteiger partial charge in [0.1, 0.15) is 12.1 Å². The van der Waals surface area contributed by atoms with Crippen LogP contribution in [-0.2, 0) is 28.7 Å². The van der Waals surface area contributed by atoms with E-state index in [4.69, 9.17) is 9.47 Å². The number of hydrogen-bond donors (Lipinski definition) is 2. The summed E-state index contributed by atoms with van der Waals surface area (Å²) in [5, 5.41) is 6.44. The van der Waals surface area contributed by atoms with Crippen molar-refractivity contribution in [2.75, 3.05) is 91.9 Å². The van der Waals surface area contributed by atoms with Gasteiger partial charge in [0.2, 0.25) is 23.6 Å². The van der Waals surface area contributed by atoms with Gasteiger partial charge in [-0.2, -0.15) is 0 Å². The number of rotatable bonds is 46. The molecule has 2 aliphatic heterocycles. The normalized spacial score (nSPS) is 15.5. The molecule has 0 saturated carbocycles. The van der Waals surface area contributed by atoms with Crippen LogP contribution in [0.25, 0.3) is 0 Å². The van der Waals surface area contributed by atoms with Gasteiger partial charge in [-0.3, -0.25) is 29.0 Å². The lowest BCUT2D eigenvalue weighted by Gasteiger charge is -2.35. The maximum atomic E-state index is 13.9. The number of carbonyl (C=O) groups is 4. The van der Waals surface area contributed by atoms with Crippen LogP contribution in [0.2, 0.25) is 0 Å². The van der Waals surface area contributed by atoms with E-state index in [1.54, 1.807) is 0 Å². The molecule has 0 aromatic heterocycles. The van der Waals surface area contributed by atoms with Crippen molar-refractivity contribution in [3.8, 4) is 0 Å². The molecule has 2 atom stereocenters. The van der Waals surface area contributed by atoms with E-state index in [0.29, 0.717) is 39.0 Å². The highest BCUT2D eigenvalue weighted by atomic mass is 16.5. The number of nitrogens with one attached hydrogen (secondary N) is 2. The van der Waals surface area contributed by atoms with Gasteiger partial charge >= 0.3 is 0 Å². The molecule has 71 heavy (non-hydrogen) atoms. The summed E-state index contributed by atoms with van der Waals surface area (Å²) in [6, 6.07) is -0.947. The predicted molar refractivity (Wildman–Crippen MR) is 296 cm³/mol. The number of unbranched alkanes of at least 4 members (excludes halogenated alkanes) is 24. The van der Waals surface area contributed by atoms with Crippen LogP contribution in [0.15, 0.2) is 0 Å². The Labute approximate surface area is 437 Å². The third-order valence-corrected chi connectivity index (χ3v) is 15.0. The van der Waals surface area contributed by atoms with Crippen molar-refractivity contribution in [1.29, 1.82) is 0 Å². The van der Waals surface area contributed by atoms with Crippen LogP contribution < -0.4 is 10.6 Å². The topological polar surface area (TPSA) is 124 Å². The molecule has 0 radical (unpaired) electrons. The first kappa shape index (κ1) is 64.8. The lowest BCUT2D eigenvalue weighted by molar-refractivity contribution is -0.142. The second-order valence-corrected chi connectivity index (χ2v) is 22.1. The molecular formula is C59H114N6O6. The molecule has 12 heteroatoms. The van der Waals surface area contributed by atoms with E-state index in [2.05, 4.69) is 62.0 Å². The molecule has 2 heterocycles. The van der Waals surface area contributed by atoms with E-state index in [-0.39, 0.29) is 35.5 Å². The Bertz CT molecular complexity index is 1210. The summed E-state index contributed by atoms with van der Waals surface area (Å²) in [5.74, 6) is 0.194. The molecule has 2 fully saturated rings. The third-order valence-electron chi connectivity index (χ3n) is 15.0. The minimum Gasteiger partial charge on any atom is -0.379 e. The molecule has 2 N–H and O–H groups in total. The number of nitrogens with zero attached hydrogens (tertiary/aromatic N) is 4. The van der Waals surface area contributed by atoms with E-state index in [1.165, 1.54) is 116 Å². The van der Waals surface area contributed by atoms with Gasteiger partial charge in [-0.1, -0.05) is 189 Å². The van der Waals surface area contributed by atoms with Crippen molar-refractivity contribution >= 4 is 23.6 Å². The van der Waals surface area contributed by atoms with Crippen LogP contribution in [0.3, 0.4) is 0 Å². The van der Waals surface area contributed by atoms with Crippen molar-refractivity contribution in [3.05, 3.63) is 0 Å². The van der Waals surface area contributed by atoms with E-state index >= 15 is 0 Å². The Balaban J connectivity index is 1.80. The number of morpholine rings is 2. The van der Waals surface area contributed by atoms with Crippen molar-refractivity contribution in [2.45, 2.75) is 253 Å². The molecule has 2 saturated heterocycles. The highest BCUT2D eigenvalue weighted by Gasteiger charge is 2.33. The highest BCUT2D eigenvalue weighted by molar-refractivity contribution is 5.88. The number of hydrogen-bond acceptors (Lipinski definition) is 8. The summed E-state index contributed by atoms with van der Waals surface area (Å²) in [6.45, 7) is 23.7. The first-order valence-electron chi connectivity index (χ1n) is 30.3. The van der Waals surface area contributed by atoms with Gasteiger partial charge in [0.25, 0.3) is 0 Å². The zero-order chi connectivity index (χ0) is 51.6. The largest absolute Gasteiger partial charge is 0.379 e. The first-order chi connectivity index (χ1) is 34.6. The van der Waals surface area contributed by atoms with Crippen molar-refractivity contribution in [1.82, 2.24) is 30.2 Å². The first-order valence-corrected chi connectivity index (χ1v) is 30.3. The van der Waals surface area contributed by atoms with Crippen LogP contribution in [0.4, 0.5) is 0 Å². The van der Waals surface area contributed by atoms with Crippen molar-refractivity contribution < 1.29 is 28.7 Å². The molecule has 12 nitrogen and oxygen atoms in total. The predicted octanol–water partition coefficient (Wildman–Crippen LogP) is 11.7. The van der Waals surface area contributed by atoms with Crippen molar-refractivity contribution in [2.24, 2.45) is 11.8 Å².